The van der Waals surface area contributed by atoms with Crippen LogP contribution in [-0.4, -0.2) is 54.2 Å². The average molecular weight is 367 g/mol. The van der Waals surface area contributed by atoms with Gasteiger partial charge in [-0.15, -0.1) is 0 Å². The quantitative estimate of drug-likeness (QED) is 0.894. The number of amides is 1. The van der Waals surface area contributed by atoms with Gasteiger partial charge in [0.05, 0.1) is 16.8 Å². The van der Waals surface area contributed by atoms with E-state index in [4.69, 9.17) is 5.73 Å². The van der Waals surface area contributed by atoms with Crippen molar-refractivity contribution >= 4 is 22.5 Å². The lowest BCUT2D eigenvalue weighted by molar-refractivity contribution is -0.144. The largest absolute Gasteiger partial charge is 0.366 e. The Kier molecular flexibility index (Phi) is 4.44. The SMILES string of the molecule is N#Cc1cnc2ccccc2c1N1CCN(C(=O)C2CC(F)(CN)C2)CC1. The molecule has 1 aliphatic heterocycles. The Labute approximate surface area is 157 Å². The number of hydrogen-bond acceptors (Lipinski definition) is 5. The average Bonchev–Trinajstić information content (AvgIpc) is 2.70. The third-order valence-corrected chi connectivity index (χ3v) is 5.71. The molecule has 0 radical (unpaired) electrons. The van der Waals surface area contributed by atoms with Crippen LogP contribution in [0.4, 0.5) is 10.1 Å². The minimum absolute atomic E-state index is 0.0173. The molecule has 1 aromatic carbocycles. The predicted octanol–water partition coefficient (Wildman–Crippen LogP) is 1.83. The van der Waals surface area contributed by atoms with Gasteiger partial charge in [0.25, 0.3) is 0 Å². The number of nitriles is 1. The van der Waals surface area contributed by atoms with Crippen LogP contribution < -0.4 is 10.6 Å². The van der Waals surface area contributed by atoms with Gasteiger partial charge in [-0.1, -0.05) is 18.2 Å². The van der Waals surface area contributed by atoms with Crippen molar-refractivity contribution < 1.29 is 9.18 Å². The number of pyridine rings is 1. The maximum atomic E-state index is 14.0. The fourth-order valence-corrected chi connectivity index (χ4v) is 4.12. The summed E-state index contributed by atoms with van der Waals surface area (Å²) in [7, 11) is 0. The number of alkyl halides is 1. The van der Waals surface area contributed by atoms with E-state index in [0.717, 1.165) is 16.6 Å². The maximum Gasteiger partial charge on any atom is 0.226 e. The molecule has 2 heterocycles. The van der Waals surface area contributed by atoms with Crippen molar-refractivity contribution in [3.63, 3.8) is 0 Å². The van der Waals surface area contributed by atoms with Gasteiger partial charge in [0.15, 0.2) is 0 Å². The highest BCUT2D eigenvalue weighted by atomic mass is 19.1. The van der Waals surface area contributed by atoms with E-state index in [-0.39, 0.29) is 31.2 Å². The Morgan fingerprint density at radius 2 is 2.00 bits per heavy atom. The Bertz CT molecular complexity index is 910. The van der Waals surface area contributed by atoms with Crippen molar-refractivity contribution in [1.82, 2.24) is 9.88 Å². The number of halogens is 1. The summed E-state index contributed by atoms with van der Waals surface area (Å²) >= 11 is 0. The summed E-state index contributed by atoms with van der Waals surface area (Å²) in [5.74, 6) is -0.224. The second-order valence-electron chi connectivity index (χ2n) is 7.42. The van der Waals surface area contributed by atoms with Crippen LogP contribution in [0.1, 0.15) is 18.4 Å². The molecule has 7 heteroatoms. The van der Waals surface area contributed by atoms with Gasteiger partial charge < -0.3 is 15.5 Å². The molecule has 0 atom stereocenters. The number of hydrogen-bond donors (Lipinski definition) is 1. The number of benzene rings is 1. The monoisotopic (exact) mass is 367 g/mol. The molecule has 1 aliphatic carbocycles. The molecular formula is C20H22FN5O. The van der Waals surface area contributed by atoms with E-state index in [2.05, 4.69) is 16.0 Å². The third kappa shape index (κ3) is 3.10. The van der Waals surface area contributed by atoms with Gasteiger partial charge in [-0.2, -0.15) is 5.26 Å². The van der Waals surface area contributed by atoms with E-state index in [1.54, 1.807) is 6.20 Å². The minimum Gasteiger partial charge on any atom is -0.366 e. The smallest absolute Gasteiger partial charge is 0.226 e. The fraction of sp³-hybridized carbons (Fsp3) is 0.450. The van der Waals surface area contributed by atoms with Crippen molar-refractivity contribution in [2.45, 2.75) is 18.5 Å². The van der Waals surface area contributed by atoms with Crippen LogP contribution in [0, 0.1) is 17.2 Å². The van der Waals surface area contributed by atoms with E-state index < -0.39 is 5.67 Å². The number of carbonyl (C=O) groups excluding carboxylic acids is 1. The number of anilines is 1. The number of nitrogens with zero attached hydrogens (tertiary/aromatic N) is 4. The van der Waals surface area contributed by atoms with Crippen LogP contribution in [-0.2, 0) is 4.79 Å². The van der Waals surface area contributed by atoms with Gasteiger partial charge in [-0.25, -0.2) is 4.39 Å². The molecule has 1 saturated carbocycles. The van der Waals surface area contributed by atoms with Crippen molar-refractivity contribution in [1.29, 1.82) is 5.26 Å². The first-order valence-electron chi connectivity index (χ1n) is 9.25. The maximum absolute atomic E-state index is 14.0. The number of piperazine rings is 1. The van der Waals surface area contributed by atoms with Crippen LogP contribution in [0.3, 0.4) is 0 Å². The van der Waals surface area contributed by atoms with Crippen molar-refractivity contribution in [3.8, 4) is 6.07 Å². The molecule has 4 rings (SSSR count). The topological polar surface area (TPSA) is 86.2 Å². The molecule has 1 aromatic heterocycles. The van der Waals surface area contributed by atoms with Gasteiger partial charge in [0.2, 0.25) is 5.91 Å². The molecule has 0 spiro atoms. The zero-order valence-electron chi connectivity index (χ0n) is 15.1. The number of fused-ring (bicyclic) bond motifs is 1. The lowest BCUT2D eigenvalue weighted by Crippen LogP contribution is -2.56. The molecule has 27 heavy (non-hydrogen) atoms. The Morgan fingerprint density at radius 1 is 1.30 bits per heavy atom. The Morgan fingerprint density at radius 3 is 2.67 bits per heavy atom. The second kappa shape index (κ2) is 6.78. The summed E-state index contributed by atoms with van der Waals surface area (Å²) in [6.45, 7) is 2.39. The molecule has 2 fully saturated rings. The first-order chi connectivity index (χ1) is 13.0. The third-order valence-electron chi connectivity index (χ3n) is 5.71. The molecule has 2 N–H and O–H groups in total. The van der Waals surface area contributed by atoms with E-state index in [0.29, 0.717) is 31.7 Å². The first-order valence-corrected chi connectivity index (χ1v) is 9.25. The summed E-state index contributed by atoms with van der Waals surface area (Å²) in [5, 5.41) is 10.5. The number of rotatable bonds is 3. The normalized spacial score (nSPS) is 25.1. The first kappa shape index (κ1) is 17.7. The highest BCUT2D eigenvalue weighted by molar-refractivity contribution is 5.94. The molecule has 140 valence electrons. The van der Waals surface area contributed by atoms with Crippen molar-refractivity contribution in [2.24, 2.45) is 11.7 Å². The van der Waals surface area contributed by atoms with Gasteiger partial charge in [-0.3, -0.25) is 9.78 Å². The van der Waals surface area contributed by atoms with Crippen LogP contribution in [0.2, 0.25) is 0 Å². The number of aromatic nitrogens is 1. The number of carbonyl (C=O) groups is 1. The highest BCUT2D eigenvalue weighted by Crippen LogP contribution is 2.41. The van der Waals surface area contributed by atoms with Crippen LogP contribution in [0.5, 0.6) is 0 Å². The van der Waals surface area contributed by atoms with E-state index in [9.17, 15) is 14.4 Å². The summed E-state index contributed by atoms with van der Waals surface area (Å²) in [5.41, 5.74) is 6.33. The fourth-order valence-electron chi connectivity index (χ4n) is 4.12. The van der Waals surface area contributed by atoms with E-state index >= 15 is 0 Å². The lowest BCUT2D eigenvalue weighted by Gasteiger charge is -2.44. The molecule has 6 nitrogen and oxygen atoms in total. The molecule has 2 aromatic rings. The lowest BCUT2D eigenvalue weighted by atomic mass is 9.71. The second-order valence-corrected chi connectivity index (χ2v) is 7.42. The summed E-state index contributed by atoms with van der Waals surface area (Å²) in [6.07, 6.45) is 2.07. The molecule has 2 aliphatic rings. The minimum atomic E-state index is -1.36. The van der Waals surface area contributed by atoms with Gasteiger partial charge in [0.1, 0.15) is 11.7 Å². The van der Waals surface area contributed by atoms with E-state index in [1.807, 2.05) is 29.2 Å². The summed E-state index contributed by atoms with van der Waals surface area (Å²) in [6, 6.07) is 9.99. The Balaban J connectivity index is 1.48. The summed E-state index contributed by atoms with van der Waals surface area (Å²) in [4.78, 5) is 20.9. The zero-order chi connectivity index (χ0) is 19.0. The summed E-state index contributed by atoms with van der Waals surface area (Å²) < 4.78 is 14.0. The van der Waals surface area contributed by atoms with Gasteiger partial charge in [0, 0.05) is 50.2 Å². The van der Waals surface area contributed by atoms with Crippen LogP contribution in [0.25, 0.3) is 10.9 Å². The number of para-hydroxylation sites is 1. The predicted molar refractivity (Wildman–Crippen MR) is 101 cm³/mol. The van der Waals surface area contributed by atoms with Crippen LogP contribution in [0.15, 0.2) is 30.5 Å². The molecule has 1 amide bonds. The zero-order valence-corrected chi connectivity index (χ0v) is 15.1. The van der Waals surface area contributed by atoms with Crippen molar-refractivity contribution in [3.05, 3.63) is 36.0 Å². The standard InChI is InChI=1S/C20H22FN5O/c21-20(13-23)9-14(10-20)19(27)26-7-5-25(6-8-26)18-15(11-22)12-24-17-4-2-1-3-16(17)18/h1-4,12,14H,5-10,13,23H2. The molecular weight excluding hydrogens is 345 g/mol. The van der Waals surface area contributed by atoms with Crippen LogP contribution >= 0.6 is 0 Å². The highest BCUT2D eigenvalue weighted by Gasteiger charge is 2.48. The Hall–Kier alpha value is -2.72. The van der Waals surface area contributed by atoms with Gasteiger partial charge in [-0.05, 0) is 18.9 Å². The number of nitrogens with two attached hydrogens (primary N) is 1. The van der Waals surface area contributed by atoms with Gasteiger partial charge >= 0.3 is 0 Å². The van der Waals surface area contributed by atoms with E-state index in [1.165, 1.54) is 0 Å². The molecule has 0 bridgehead atoms. The molecule has 1 saturated heterocycles. The van der Waals surface area contributed by atoms with Crippen molar-refractivity contribution in [2.75, 3.05) is 37.6 Å². The molecule has 0 unspecified atom stereocenters.